The summed E-state index contributed by atoms with van der Waals surface area (Å²) in [5.74, 6) is -1.62. The molecule has 0 heterocycles. The summed E-state index contributed by atoms with van der Waals surface area (Å²) in [7, 11) is 0. The maximum atomic E-state index is 10.7. The van der Waals surface area contributed by atoms with Crippen LogP contribution in [0.25, 0.3) is 0 Å². The molecule has 4 heteroatoms. The first-order valence-electron chi connectivity index (χ1n) is 3.71. The Balaban J connectivity index is 0. The van der Waals surface area contributed by atoms with Gasteiger partial charge >= 0.3 is 5.97 Å². The Labute approximate surface area is 87.9 Å². The van der Waals surface area contributed by atoms with Crippen LogP contribution in [0.2, 0.25) is 0 Å². The van der Waals surface area contributed by atoms with Gasteiger partial charge in [0.15, 0.2) is 0 Å². The van der Waals surface area contributed by atoms with Crippen LogP contribution in [0.1, 0.15) is 24.2 Å². The molecule has 1 rings (SSSR count). The average Bonchev–Trinajstić information content (AvgIpc) is 2.08. The molecule has 0 bridgehead atoms. The van der Waals surface area contributed by atoms with E-state index < -0.39 is 11.7 Å². The number of carboxylic acids is 1. The standard InChI is InChI=1S/C7H6O3.C2H6.Mn/c8-6-4-2-1-3-5(6)7(9)10;1-2;/h1-4,8H,(H,9,10);1-2H3;/p-1. The summed E-state index contributed by atoms with van der Waals surface area (Å²) in [5.41, 5.74) is -0.178. The first-order valence-corrected chi connectivity index (χ1v) is 3.71. The van der Waals surface area contributed by atoms with E-state index in [4.69, 9.17) is 5.11 Å². The van der Waals surface area contributed by atoms with E-state index in [9.17, 15) is 9.90 Å². The predicted octanol–water partition coefficient (Wildman–Crippen LogP) is 1.48. The van der Waals surface area contributed by atoms with Gasteiger partial charge in [0.2, 0.25) is 0 Å². The number of carboxylic acid groups (broad SMARTS) is 1. The van der Waals surface area contributed by atoms with Crippen LogP contribution in [0.15, 0.2) is 24.3 Å². The van der Waals surface area contributed by atoms with Gasteiger partial charge in [0, 0.05) is 17.1 Å². The summed E-state index contributed by atoms with van der Waals surface area (Å²) in [6.45, 7) is 4.00. The Bertz CT molecular complexity index is 261. The second-order valence-corrected chi connectivity index (χ2v) is 1.80. The van der Waals surface area contributed by atoms with Crippen LogP contribution < -0.4 is 5.11 Å². The molecule has 0 aliphatic rings. The molecule has 0 saturated carbocycles. The van der Waals surface area contributed by atoms with Crippen molar-refractivity contribution < 1.29 is 32.1 Å². The minimum absolute atomic E-state index is 0. The Hall–Kier alpha value is -0.991. The van der Waals surface area contributed by atoms with Gasteiger partial charge in [-0.3, -0.25) is 0 Å². The Morgan fingerprint density at radius 1 is 1.31 bits per heavy atom. The number of benzene rings is 1. The molecule has 0 spiro atoms. The van der Waals surface area contributed by atoms with Gasteiger partial charge in [-0.1, -0.05) is 37.8 Å². The van der Waals surface area contributed by atoms with Crippen LogP contribution in [0.4, 0.5) is 0 Å². The van der Waals surface area contributed by atoms with Crippen molar-refractivity contribution in [3.05, 3.63) is 29.8 Å². The molecule has 0 fully saturated rings. The molecule has 13 heavy (non-hydrogen) atoms. The van der Waals surface area contributed by atoms with Gasteiger partial charge in [-0.2, -0.15) is 0 Å². The fraction of sp³-hybridized carbons (Fsp3) is 0.222. The van der Waals surface area contributed by atoms with Crippen molar-refractivity contribution >= 4 is 5.97 Å². The fourth-order valence-electron chi connectivity index (χ4n) is 0.643. The first kappa shape index (κ1) is 14.5. The second kappa shape index (κ2) is 7.65. The maximum Gasteiger partial charge on any atom is 0.335 e. The molecule has 3 nitrogen and oxygen atoms in total. The molecule has 0 aliphatic carbocycles. The molecule has 1 N–H and O–H groups in total. The van der Waals surface area contributed by atoms with Gasteiger partial charge in [-0.25, -0.2) is 4.79 Å². The van der Waals surface area contributed by atoms with Gasteiger partial charge in [-0.05, 0) is 6.07 Å². The van der Waals surface area contributed by atoms with Crippen molar-refractivity contribution in [3.8, 4) is 5.75 Å². The van der Waals surface area contributed by atoms with Gasteiger partial charge in [0.05, 0.1) is 5.56 Å². The van der Waals surface area contributed by atoms with Crippen molar-refractivity contribution in [2.45, 2.75) is 13.8 Å². The van der Waals surface area contributed by atoms with Crippen molar-refractivity contribution in [1.82, 2.24) is 0 Å². The van der Waals surface area contributed by atoms with Gasteiger partial charge in [0.25, 0.3) is 0 Å². The molecule has 0 amide bonds. The Morgan fingerprint density at radius 3 is 2.08 bits per heavy atom. The molecule has 1 aromatic carbocycles. The third kappa shape index (κ3) is 4.55. The van der Waals surface area contributed by atoms with E-state index in [0.29, 0.717) is 0 Å². The first-order chi connectivity index (χ1) is 5.72. The topological polar surface area (TPSA) is 60.4 Å². The zero-order chi connectivity index (χ0) is 9.56. The van der Waals surface area contributed by atoms with Crippen molar-refractivity contribution in [1.29, 1.82) is 0 Å². The molecule has 73 valence electrons. The van der Waals surface area contributed by atoms with Gasteiger partial charge in [0.1, 0.15) is 0 Å². The summed E-state index contributed by atoms with van der Waals surface area (Å²) in [5, 5.41) is 19.0. The zero-order valence-electron chi connectivity index (χ0n) is 7.45. The quantitative estimate of drug-likeness (QED) is 0.732. The summed E-state index contributed by atoms with van der Waals surface area (Å²) in [6.07, 6.45) is 0. The van der Waals surface area contributed by atoms with Crippen LogP contribution >= 0.6 is 0 Å². The molecular formula is C9H11MnO3-. The van der Waals surface area contributed by atoms with Gasteiger partial charge < -0.3 is 10.2 Å². The number of aromatic carboxylic acids is 1. The van der Waals surface area contributed by atoms with Crippen LogP contribution in [-0.4, -0.2) is 11.1 Å². The number of carbonyl (C=O) groups is 1. The van der Waals surface area contributed by atoms with E-state index in [0.717, 1.165) is 0 Å². The van der Waals surface area contributed by atoms with E-state index >= 15 is 0 Å². The van der Waals surface area contributed by atoms with Crippen LogP contribution in [0.3, 0.4) is 0 Å². The van der Waals surface area contributed by atoms with E-state index in [2.05, 4.69) is 0 Å². The summed E-state index contributed by atoms with van der Waals surface area (Å²) in [4.78, 5) is 10.2. The number of rotatable bonds is 1. The minimum Gasteiger partial charge on any atom is -0.872 e. The van der Waals surface area contributed by atoms with Crippen LogP contribution in [-0.2, 0) is 17.1 Å². The van der Waals surface area contributed by atoms with E-state index in [1.165, 1.54) is 24.3 Å². The fourth-order valence-corrected chi connectivity index (χ4v) is 0.643. The predicted molar refractivity (Wildman–Crippen MR) is 44.2 cm³/mol. The van der Waals surface area contributed by atoms with E-state index in [1.54, 1.807) is 0 Å². The minimum atomic E-state index is -1.18. The normalized spacial score (nSPS) is 7.54. The molecule has 1 radical (unpaired) electrons. The molecule has 0 atom stereocenters. The molecule has 0 aromatic heterocycles. The molecule has 0 unspecified atom stereocenters. The largest absolute Gasteiger partial charge is 0.872 e. The summed E-state index contributed by atoms with van der Waals surface area (Å²) in [6, 6.07) is 5.54. The van der Waals surface area contributed by atoms with E-state index in [1.807, 2.05) is 13.8 Å². The summed E-state index contributed by atoms with van der Waals surface area (Å²) >= 11 is 0. The SMILES string of the molecule is CC.O=C(O)c1ccccc1[O-].[Mn]. The molecule has 1 aromatic rings. The Morgan fingerprint density at radius 2 is 1.77 bits per heavy atom. The number of hydrogen-bond donors (Lipinski definition) is 1. The van der Waals surface area contributed by atoms with Crippen LogP contribution in [0.5, 0.6) is 5.75 Å². The van der Waals surface area contributed by atoms with E-state index in [-0.39, 0.29) is 22.6 Å². The third-order valence-corrected chi connectivity index (χ3v) is 1.12. The van der Waals surface area contributed by atoms with Crippen LogP contribution in [0, 0.1) is 0 Å². The van der Waals surface area contributed by atoms with Crippen molar-refractivity contribution in [2.24, 2.45) is 0 Å². The maximum absolute atomic E-state index is 10.7. The average molecular weight is 222 g/mol. The van der Waals surface area contributed by atoms with Gasteiger partial charge in [-0.15, -0.1) is 0 Å². The Kier molecular flexibility index (Phi) is 8.55. The summed E-state index contributed by atoms with van der Waals surface area (Å²) < 4.78 is 0. The zero-order valence-corrected chi connectivity index (χ0v) is 8.63. The second-order valence-electron chi connectivity index (χ2n) is 1.80. The van der Waals surface area contributed by atoms with Crippen molar-refractivity contribution in [2.75, 3.05) is 0 Å². The molecule has 0 aliphatic heterocycles. The number of hydrogen-bond acceptors (Lipinski definition) is 2. The third-order valence-electron chi connectivity index (χ3n) is 1.12. The smallest absolute Gasteiger partial charge is 0.335 e. The monoisotopic (exact) mass is 222 g/mol. The van der Waals surface area contributed by atoms with Crippen molar-refractivity contribution in [3.63, 3.8) is 0 Å². The molecular weight excluding hydrogens is 211 g/mol. The number of para-hydroxylation sites is 1. The molecule has 0 saturated heterocycles.